The van der Waals surface area contributed by atoms with Crippen LogP contribution in [0.5, 0.6) is 17.4 Å². The maximum absolute atomic E-state index is 12.6. The van der Waals surface area contributed by atoms with Gasteiger partial charge in [-0.1, -0.05) is 24.3 Å². The molecule has 0 saturated carbocycles. The van der Waals surface area contributed by atoms with Crippen molar-refractivity contribution in [1.29, 1.82) is 0 Å². The molecule has 194 valence electrons. The SMILES string of the molecule is O=C(O)CCCCCOc1ccc2cc(Oc3ccc(C(=O)Nc4ccccc4C(=O)O)cn3)ccc2c1. The van der Waals surface area contributed by atoms with Gasteiger partial charge in [0.2, 0.25) is 5.88 Å². The van der Waals surface area contributed by atoms with E-state index in [2.05, 4.69) is 10.3 Å². The number of carboxylic acids is 2. The van der Waals surface area contributed by atoms with Gasteiger partial charge in [0.1, 0.15) is 11.5 Å². The Morgan fingerprint density at radius 1 is 0.816 bits per heavy atom. The minimum Gasteiger partial charge on any atom is -0.494 e. The molecule has 0 radical (unpaired) electrons. The van der Waals surface area contributed by atoms with Gasteiger partial charge in [0.25, 0.3) is 5.91 Å². The summed E-state index contributed by atoms with van der Waals surface area (Å²) in [5, 5.41) is 22.5. The topological polar surface area (TPSA) is 135 Å². The van der Waals surface area contributed by atoms with E-state index in [0.29, 0.717) is 24.7 Å². The number of amides is 1. The fourth-order valence-corrected chi connectivity index (χ4v) is 3.77. The number of carbonyl (C=O) groups is 3. The minimum atomic E-state index is -1.13. The summed E-state index contributed by atoms with van der Waals surface area (Å²) in [5.41, 5.74) is 0.452. The van der Waals surface area contributed by atoms with Gasteiger partial charge in [-0.2, -0.15) is 0 Å². The van der Waals surface area contributed by atoms with Crippen molar-refractivity contribution in [1.82, 2.24) is 4.98 Å². The molecule has 0 aliphatic rings. The highest BCUT2D eigenvalue weighted by atomic mass is 16.5. The molecule has 0 saturated heterocycles. The number of hydrogen-bond acceptors (Lipinski definition) is 6. The third-order valence-electron chi connectivity index (χ3n) is 5.71. The summed E-state index contributed by atoms with van der Waals surface area (Å²) in [7, 11) is 0. The van der Waals surface area contributed by atoms with Crippen LogP contribution >= 0.6 is 0 Å². The van der Waals surface area contributed by atoms with E-state index < -0.39 is 17.8 Å². The summed E-state index contributed by atoms with van der Waals surface area (Å²) >= 11 is 0. The number of aromatic nitrogens is 1. The molecule has 3 aromatic carbocycles. The number of unbranched alkanes of at least 4 members (excludes halogenated alkanes) is 2. The quantitative estimate of drug-likeness (QED) is 0.196. The van der Waals surface area contributed by atoms with Crippen molar-refractivity contribution in [3.05, 3.63) is 90.1 Å². The predicted octanol–water partition coefficient (Wildman–Crippen LogP) is 6.00. The van der Waals surface area contributed by atoms with Gasteiger partial charge in [-0.05, 0) is 72.5 Å². The molecule has 0 spiro atoms. The largest absolute Gasteiger partial charge is 0.494 e. The number of carboxylic acid groups (broad SMARTS) is 2. The highest BCUT2D eigenvalue weighted by molar-refractivity contribution is 6.07. The lowest BCUT2D eigenvalue weighted by atomic mass is 10.1. The monoisotopic (exact) mass is 514 g/mol. The van der Waals surface area contributed by atoms with Crippen LogP contribution in [-0.2, 0) is 4.79 Å². The average molecular weight is 515 g/mol. The zero-order valence-corrected chi connectivity index (χ0v) is 20.4. The first-order chi connectivity index (χ1) is 18.4. The zero-order chi connectivity index (χ0) is 26.9. The number of anilines is 1. The summed E-state index contributed by atoms with van der Waals surface area (Å²) in [6.45, 7) is 0.526. The lowest BCUT2D eigenvalue weighted by Gasteiger charge is -2.10. The summed E-state index contributed by atoms with van der Waals surface area (Å²) in [6, 6.07) is 20.6. The third-order valence-corrected chi connectivity index (χ3v) is 5.71. The van der Waals surface area contributed by atoms with Crippen molar-refractivity contribution >= 4 is 34.3 Å². The lowest BCUT2D eigenvalue weighted by Crippen LogP contribution is -2.15. The lowest BCUT2D eigenvalue weighted by molar-refractivity contribution is -0.137. The van der Waals surface area contributed by atoms with E-state index in [1.165, 1.54) is 18.3 Å². The third kappa shape index (κ3) is 7.07. The molecule has 0 bridgehead atoms. The van der Waals surface area contributed by atoms with E-state index in [9.17, 15) is 19.5 Å². The maximum Gasteiger partial charge on any atom is 0.337 e. The summed E-state index contributed by atoms with van der Waals surface area (Å²) in [4.78, 5) is 38.7. The number of para-hydroxylation sites is 1. The van der Waals surface area contributed by atoms with Crippen LogP contribution in [-0.4, -0.2) is 39.6 Å². The van der Waals surface area contributed by atoms with Gasteiger partial charge >= 0.3 is 11.9 Å². The minimum absolute atomic E-state index is 0.00303. The van der Waals surface area contributed by atoms with Crippen molar-refractivity contribution in [2.75, 3.05) is 11.9 Å². The number of hydrogen-bond donors (Lipinski definition) is 3. The zero-order valence-electron chi connectivity index (χ0n) is 20.4. The van der Waals surface area contributed by atoms with Crippen molar-refractivity contribution in [2.24, 2.45) is 0 Å². The Labute approximate surface area is 218 Å². The summed E-state index contributed by atoms with van der Waals surface area (Å²) in [5.74, 6) is -0.778. The van der Waals surface area contributed by atoms with Gasteiger partial charge in [-0.15, -0.1) is 0 Å². The number of carbonyl (C=O) groups excluding carboxylic acids is 1. The van der Waals surface area contributed by atoms with Crippen LogP contribution in [0.3, 0.4) is 0 Å². The van der Waals surface area contributed by atoms with Gasteiger partial charge in [-0.3, -0.25) is 9.59 Å². The first kappa shape index (κ1) is 26.2. The Morgan fingerprint density at radius 2 is 1.55 bits per heavy atom. The van der Waals surface area contributed by atoms with Crippen molar-refractivity contribution in [3.63, 3.8) is 0 Å². The standard InChI is InChI=1S/C29H26N2O7/c32-27(33)8-2-1-5-15-37-22-12-9-20-17-23(13-10-19(20)16-22)38-26-14-11-21(18-30-26)28(34)31-25-7-4-3-6-24(25)29(35)36/h3-4,6-7,9-14,16-18H,1-2,5,8,15H2,(H,31,34)(H,32,33)(H,35,36). The molecule has 9 nitrogen and oxygen atoms in total. The number of rotatable bonds is 12. The number of aromatic carboxylic acids is 1. The molecule has 4 rings (SSSR count). The Kier molecular flexibility index (Phi) is 8.50. The summed E-state index contributed by atoms with van der Waals surface area (Å²) < 4.78 is 11.6. The Balaban J connectivity index is 1.33. The van der Waals surface area contributed by atoms with E-state index in [1.54, 1.807) is 24.3 Å². The molecule has 1 aromatic heterocycles. The number of pyridine rings is 1. The molecular formula is C29H26N2O7. The molecule has 0 unspecified atom stereocenters. The van der Waals surface area contributed by atoms with Crippen LogP contribution in [0.1, 0.15) is 46.4 Å². The summed E-state index contributed by atoms with van der Waals surface area (Å²) in [6.07, 6.45) is 3.78. The second-order valence-corrected chi connectivity index (χ2v) is 8.52. The highest BCUT2D eigenvalue weighted by Crippen LogP contribution is 2.28. The van der Waals surface area contributed by atoms with Crippen molar-refractivity contribution < 1.29 is 34.1 Å². The molecule has 38 heavy (non-hydrogen) atoms. The number of aliphatic carboxylic acids is 1. The van der Waals surface area contributed by atoms with Crippen LogP contribution in [0, 0.1) is 0 Å². The number of ether oxygens (including phenoxy) is 2. The van der Waals surface area contributed by atoms with E-state index >= 15 is 0 Å². The second-order valence-electron chi connectivity index (χ2n) is 8.52. The molecule has 4 aromatic rings. The molecular weight excluding hydrogens is 488 g/mol. The number of benzene rings is 3. The number of fused-ring (bicyclic) bond motifs is 1. The van der Waals surface area contributed by atoms with Crippen LogP contribution in [0.15, 0.2) is 79.0 Å². The van der Waals surface area contributed by atoms with Gasteiger partial charge < -0.3 is 25.0 Å². The highest BCUT2D eigenvalue weighted by Gasteiger charge is 2.13. The van der Waals surface area contributed by atoms with Crippen LogP contribution in [0.4, 0.5) is 5.69 Å². The normalized spacial score (nSPS) is 10.6. The molecule has 3 N–H and O–H groups in total. The average Bonchev–Trinajstić information content (AvgIpc) is 2.91. The van der Waals surface area contributed by atoms with Gasteiger partial charge in [0, 0.05) is 18.7 Å². The second kappa shape index (κ2) is 12.4. The smallest absolute Gasteiger partial charge is 0.337 e. The van der Waals surface area contributed by atoms with Crippen molar-refractivity contribution in [2.45, 2.75) is 25.7 Å². The molecule has 1 heterocycles. The van der Waals surface area contributed by atoms with Crippen molar-refractivity contribution in [3.8, 4) is 17.4 Å². The maximum atomic E-state index is 12.6. The predicted molar refractivity (Wildman–Crippen MR) is 141 cm³/mol. The Bertz CT molecular complexity index is 1450. The molecule has 0 atom stereocenters. The fourth-order valence-electron chi connectivity index (χ4n) is 3.77. The van der Waals surface area contributed by atoms with E-state index in [1.807, 2.05) is 36.4 Å². The first-order valence-corrected chi connectivity index (χ1v) is 12.0. The Hall–Kier alpha value is -4.92. The fraction of sp³-hybridized carbons (Fsp3) is 0.172. The van der Waals surface area contributed by atoms with Crippen LogP contribution in [0.25, 0.3) is 10.8 Å². The van der Waals surface area contributed by atoms with Gasteiger partial charge in [-0.25, -0.2) is 9.78 Å². The molecule has 9 heteroatoms. The van der Waals surface area contributed by atoms with E-state index in [0.717, 1.165) is 29.4 Å². The molecule has 0 fully saturated rings. The first-order valence-electron chi connectivity index (χ1n) is 12.0. The van der Waals surface area contributed by atoms with Crippen LogP contribution in [0.2, 0.25) is 0 Å². The molecule has 1 amide bonds. The van der Waals surface area contributed by atoms with Crippen LogP contribution < -0.4 is 14.8 Å². The molecule has 0 aliphatic carbocycles. The molecule has 0 aliphatic heterocycles. The number of nitrogens with one attached hydrogen (secondary N) is 1. The van der Waals surface area contributed by atoms with E-state index in [-0.39, 0.29) is 23.2 Å². The van der Waals surface area contributed by atoms with E-state index in [4.69, 9.17) is 14.6 Å². The van der Waals surface area contributed by atoms with Gasteiger partial charge in [0.15, 0.2) is 0 Å². The van der Waals surface area contributed by atoms with Gasteiger partial charge in [0.05, 0.1) is 23.4 Å². The Morgan fingerprint density at radius 3 is 2.26 bits per heavy atom. The number of nitrogens with zero attached hydrogens (tertiary/aromatic N) is 1.